The van der Waals surface area contributed by atoms with Crippen LogP contribution in [0, 0.1) is 6.85 Å². The molecular weight excluding hydrogens is 743 g/mol. The molecule has 0 aliphatic heterocycles. The van der Waals surface area contributed by atoms with Crippen molar-refractivity contribution < 1.29 is 27.0 Å². The van der Waals surface area contributed by atoms with E-state index in [1.165, 1.54) is 18.3 Å². The molecule has 0 fully saturated rings. The predicted octanol–water partition coefficient (Wildman–Crippen LogP) is 15.6. The van der Waals surface area contributed by atoms with Gasteiger partial charge in [-0.1, -0.05) is 154 Å². The van der Waals surface area contributed by atoms with Gasteiger partial charge in [0.1, 0.15) is 11.6 Å². The van der Waals surface area contributed by atoms with E-state index in [0.717, 1.165) is 16.7 Å². The molecule has 61 heavy (non-hydrogen) atoms. The van der Waals surface area contributed by atoms with E-state index in [-0.39, 0.29) is 34.3 Å². The number of hydrogen-bond acceptors (Lipinski definition) is 3. The summed E-state index contributed by atoms with van der Waals surface area (Å²) in [6, 6.07) is 29.2. The Labute approximate surface area is 385 Å². The number of hydrogen-bond donors (Lipinski definition) is 1. The summed E-state index contributed by atoms with van der Waals surface area (Å²) in [5, 5.41) is 12.2. The highest BCUT2D eigenvalue weighted by Gasteiger charge is 2.25. The molecule has 0 spiro atoms. The monoisotopic (exact) mass is 818 g/mol. The fourth-order valence-corrected chi connectivity index (χ4v) is 7.67. The molecule has 0 aliphatic rings. The number of phenolic OH excluding ortho intramolecular Hbond substituents is 1. The Morgan fingerprint density at radius 1 is 0.623 bits per heavy atom. The van der Waals surface area contributed by atoms with Crippen molar-refractivity contribution in [1.29, 1.82) is 0 Å². The molecule has 0 saturated carbocycles. The van der Waals surface area contributed by atoms with Crippen molar-refractivity contribution in [2.24, 2.45) is 0 Å². The lowest BCUT2D eigenvalue weighted by atomic mass is 9.83. The van der Waals surface area contributed by atoms with Crippen molar-refractivity contribution >= 4 is 11.0 Å². The number of aromatic hydroxyl groups is 1. The summed E-state index contributed by atoms with van der Waals surface area (Å²) < 4.78 is 139. The fourth-order valence-electron chi connectivity index (χ4n) is 7.67. The summed E-state index contributed by atoms with van der Waals surface area (Å²) in [7, 11) is 0. The van der Waals surface area contributed by atoms with Gasteiger partial charge < -0.3 is 5.11 Å². The van der Waals surface area contributed by atoms with E-state index in [0.29, 0.717) is 61.6 Å². The lowest BCUT2D eigenvalue weighted by molar-refractivity contribution is 0.466. The minimum Gasteiger partial charge on any atom is -0.507 e. The van der Waals surface area contributed by atoms with Crippen LogP contribution >= 0.6 is 0 Å². The molecule has 8 aromatic rings. The third-order valence-electron chi connectivity index (χ3n) is 11.2. The highest BCUT2D eigenvalue weighted by Crippen LogP contribution is 2.44. The molecule has 0 atom stereocenters. The molecule has 308 valence electrons. The maximum atomic E-state index is 12.2. The summed E-state index contributed by atoms with van der Waals surface area (Å²) in [5.41, 5.74) is 2.32. The van der Waals surface area contributed by atoms with Crippen LogP contribution in [0.1, 0.15) is 131 Å². The Bertz CT molecular complexity index is 3520. The second kappa shape index (κ2) is 16.0. The van der Waals surface area contributed by atoms with E-state index in [4.69, 9.17) is 26.9 Å². The van der Waals surface area contributed by atoms with Crippen LogP contribution in [0.3, 0.4) is 0 Å². The number of pyridine rings is 1. The van der Waals surface area contributed by atoms with Gasteiger partial charge in [-0.05, 0) is 134 Å². The number of imidazole rings is 1. The molecule has 0 amide bonds. The second-order valence-electron chi connectivity index (χ2n) is 17.3. The Balaban J connectivity index is 1.40. The van der Waals surface area contributed by atoms with Gasteiger partial charge in [-0.3, -0.25) is 9.55 Å². The molecule has 6 aromatic carbocycles. The number of phenols is 1. The van der Waals surface area contributed by atoms with E-state index < -0.39 is 68.0 Å². The van der Waals surface area contributed by atoms with Crippen molar-refractivity contribution in [2.75, 3.05) is 0 Å². The van der Waals surface area contributed by atoms with Crippen LogP contribution in [0.4, 0.5) is 0 Å². The van der Waals surface area contributed by atoms with Crippen LogP contribution in [0.15, 0.2) is 140 Å². The zero-order valence-electron chi connectivity index (χ0n) is 51.4. The summed E-state index contributed by atoms with van der Waals surface area (Å²) in [5.74, 6) is 0.305. The van der Waals surface area contributed by atoms with Gasteiger partial charge in [-0.25, -0.2) is 4.98 Å². The van der Waals surface area contributed by atoms with E-state index >= 15 is 0 Å². The third-order valence-corrected chi connectivity index (χ3v) is 11.2. The average molecular weight is 818 g/mol. The van der Waals surface area contributed by atoms with Gasteiger partial charge in [0.05, 0.1) is 33.5 Å². The first-order valence-corrected chi connectivity index (χ1v) is 20.4. The van der Waals surface area contributed by atoms with Gasteiger partial charge in [0.2, 0.25) is 0 Å². The lowest BCUT2D eigenvalue weighted by Crippen LogP contribution is -2.11. The lowest BCUT2D eigenvalue weighted by Gasteiger charge is -2.22. The zero-order chi connectivity index (χ0) is 56.9. The predicted molar refractivity (Wildman–Crippen MR) is 258 cm³/mol. The molecule has 0 bridgehead atoms. The van der Waals surface area contributed by atoms with Gasteiger partial charge >= 0.3 is 0 Å². The topological polar surface area (TPSA) is 50.9 Å². The number of benzene rings is 6. The molecule has 0 unspecified atom stereocenters. The molecule has 2 aromatic heterocycles. The van der Waals surface area contributed by atoms with Crippen molar-refractivity contribution in [3.05, 3.63) is 167 Å². The Hall–Kier alpha value is -6.26. The van der Waals surface area contributed by atoms with E-state index in [1.807, 2.05) is 120 Å². The quantitative estimate of drug-likeness (QED) is 0.166. The number of rotatable bonds is 8. The van der Waals surface area contributed by atoms with Gasteiger partial charge in [-0.2, -0.15) is 0 Å². The van der Waals surface area contributed by atoms with E-state index in [1.54, 1.807) is 16.7 Å². The van der Waals surface area contributed by atoms with Crippen molar-refractivity contribution in [3.63, 3.8) is 0 Å². The molecule has 0 aliphatic carbocycles. The molecule has 1 N–H and O–H groups in total. The Morgan fingerprint density at radius 2 is 1.36 bits per heavy atom. The van der Waals surface area contributed by atoms with Crippen LogP contribution in [0.5, 0.6) is 5.75 Å². The van der Waals surface area contributed by atoms with Crippen LogP contribution in [-0.4, -0.2) is 19.6 Å². The van der Waals surface area contributed by atoms with Gasteiger partial charge in [0.15, 0.2) is 0 Å². The highest BCUT2D eigenvalue weighted by molar-refractivity contribution is 5.97. The van der Waals surface area contributed by atoms with Crippen LogP contribution < -0.4 is 0 Å². The van der Waals surface area contributed by atoms with Crippen LogP contribution in [-0.2, 0) is 10.8 Å². The summed E-state index contributed by atoms with van der Waals surface area (Å²) >= 11 is 0. The summed E-state index contributed by atoms with van der Waals surface area (Å²) in [4.78, 5) is 10.1. The molecule has 4 heteroatoms. The molecule has 0 radical (unpaired) electrons. The largest absolute Gasteiger partial charge is 0.507 e. The van der Waals surface area contributed by atoms with Crippen molar-refractivity contribution in [2.45, 2.75) is 98.5 Å². The van der Waals surface area contributed by atoms with E-state index in [2.05, 4.69) is 18.8 Å². The standard InChI is InChI=1S/C57H59N3O/c1-35(2)42-32-48(36(3)4)54(61)49(33-42)55-59-53-47(18-15-19-52(53)60(55)51-25-22-40(28-37(51)5)38-16-13-12-14-17-38)43-29-44(31-46(30-43)57(9,10)11)50-34-41(26-27-58-50)39-20-23-45(24-21-39)56(6,7)8/h12-36,61H,1-11H3/i5D3,6D3,7D3,8D3,20D,21D,23D,24D. The minimum atomic E-state index is -3.83. The number of aromatic nitrogens is 3. The van der Waals surface area contributed by atoms with Crippen molar-refractivity contribution in [3.8, 4) is 67.5 Å². The van der Waals surface area contributed by atoms with E-state index in [9.17, 15) is 5.11 Å². The number of fused-ring (bicyclic) bond motifs is 1. The second-order valence-corrected chi connectivity index (χ2v) is 17.3. The number of para-hydroxylation sites is 1. The van der Waals surface area contributed by atoms with Crippen LogP contribution in [0.25, 0.3) is 72.7 Å². The van der Waals surface area contributed by atoms with Crippen LogP contribution in [0.2, 0.25) is 0 Å². The summed E-state index contributed by atoms with van der Waals surface area (Å²) in [6.07, 6.45) is 1.40. The highest BCUT2D eigenvalue weighted by atomic mass is 16.3. The molecule has 8 rings (SSSR count). The number of aryl methyl sites for hydroxylation is 1. The molecule has 0 saturated heterocycles. The van der Waals surface area contributed by atoms with Gasteiger partial charge in [0, 0.05) is 33.8 Å². The summed E-state index contributed by atoms with van der Waals surface area (Å²) in [6.45, 7) is 0.122. The smallest absolute Gasteiger partial charge is 0.149 e. The SMILES string of the molecule is [2H]c1c([2H])c(C(C([2H])([2H])[2H])(C([2H])([2H])[2H])C([2H])([2H])[2H])c([2H])c([2H])c1-c1ccnc(-c2cc(-c3cccc4c3nc(-c3cc(C(C)C)cc(C(C)C)c3O)n4-c3ccc(-c4ccccc4)cc3C([2H])([2H])[2H])cc(C(C)(C)C)c2)c1. The Kier molecular flexibility index (Phi) is 6.85. The molecule has 4 nitrogen and oxygen atoms in total. The van der Waals surface area contributed by atoms with Crippen molar-refractivity contribution in [1.82, 2.24) is 14.5 Å². The first kappa shape index (κ1) is 26.2. The Morgan fingerprint density at radius 3 is 2.05 bits per heavy atom. The maximum Gasteiger partial charge on any atom is 0.149 e. The molecule has 2 heterocycles. The third kappa shape index (κ3) is 8.16. The number of nitrogens with zero attached hydrogens (tertiary/aromatic N) is 3. The average Bonchev–Trinajstić information content (AvgIpc) is 3.72. The van der Waals surface area contributed by atoms with Gasteiger partial charge in [-0.15, -0.1) is 0 Å². The maximum absolute atomic E-state index is 12.2. The normalized spacial score (nSPS) is 16.9. The minimum absolute atomic E-state index is 0.0179. The first-order chi connectivity index (χ1) is 35.6. The van der Waals surface area contributed by atoms with Gasteiger partial charge in [0.25, 0.3) is 0 Å². The first-order valence-electron chi connectivity index (χ1n) is 28.4. The molecular formula is C57H59N3O. The fraction of sp³-hybridized carbons (Fsp3) is 0.263. The zero-order valence-corrected chi connectivity index (χ0v) is 35.4.